The molecule has 2 aromatic rings. The SMILES string of the molecule is C=CCn1c(C(C)C)nc(-c2ccc(Cl)cc2F)c1N. The maximum absolute atomic E-state index is 14.0. The summed E-state index contributed by atoms with van der Waals surface area (Å²) in [6, 6.07) is 4.48. The molecule has 0 aliphatic carbocycles. The van der Waals surface area contributed by atoms with Gasteiger partial charge in [0.05, 0.1) is 0 Å². The Morgan fingerprint density at radius 1 is 1.50 bits per heavy atom. The Hall–Kier alpha value is -1.81. The van der Waals surface area contributed by atoms with Crippen molar-refractivity contribution in [3.63, 3.8) is 0 Å². The number of benzene rings is 1. The predicted octanol–water partition coefficient (Wildman–Crippen LogP) is 4.23. The molecule has 0 fully saturated rings. The highest BCUT2D eigenvalue weighted by atomic mass is 35.5. The zero-order chi connectivity index (χ0) is 14.9. The molecule has 0 saturated heterocycles. The Kier molecular flexibility index (Phi) is 4.14. The molecule has 0 saturated carbocycles. The first-order valence-corrected chi connectivity index (χ1v) is 6.75. The summed E-state index contributed by atoms with van der Waals surface area (Å²) in [7, 11) is 0. The summed E-state index contributed by atoms with van der Waals surface area (Å²) < 4.78 is 15.9. The normalized spacial score (nSPS) is 11.1. The van der Waals surface area contributed by atoms with Crippen LogP contribution in [-0.2, 0) is 6.54 Å². The fraction of sp³-hybridized carbons (Fsp3) is 0.267. The van der Waals surface area contributed by atoms with Crippen LogP contribution in [0, 0.1) is 5.82 Å². The number of nitrogen functional groups attached to an aromatic ring is 1. The number of hydrogen-bond donors (Lipinski definition) is 1. The van der Waals surface area contributed by atoms with Crippen molar-refractivity contribution in [1.82, 2.24) is 9.55 Å². The second kappa shape index (κ2) is 5.67. The van der Waals surface area contributed by atoms with Crippen LogP contribution in [0.1, 0.15) is 25.6 Å². The maximum atomic E-state index is 14.0. The van der Waals surface area contributed by atoms with Gasteiger partial charge in [0.25, 0.3) is 0 Å². The van der Waals surface area contributed by atoms with E-state index in [1.807, 2.05) is 18.4 Å². The molecule has 1 aromatic carbocycles. The average molecular weight is 294 g/mol. The zero-order valence-corrected chi connectivity index (χ0v) is 12.3. The molecule has 0 amide bonds. The molecular weight excluding hydrogens is 277 g/mol. The van der Waals surface area contributed by atoms with Gasteiger partial charge in [-0.2, -0.15) is 0 Å². The van der Waals surface area contributed by atoms with Gasteiger partial charge in [-0.1, -0.05) is 31.5 Å². The molecule has 0 atom stereocenters. The molecule has 1 aromatic heterocycles. The van der Waals surface area contributed by atoms with Crippen LogP contribution in [0.3, 0.4) is 0 Å². The molecule has 2 N–H and O–H groups in total. The van der Waals surface area contributed by atoms with Gasteiger partial charge in [0.15, 0.2) is 0 Å². The van der Waals surface area contributed by atoms with Crippen molar-refractivity contribution in [1.29, 1.82) is 0 Å². The summed E-state index contributed by atoms with van der Waals surface area (Å²) in [5, 5.41) is 0.347. The number of halogens is 2. The molecule has 3 nitrogen and oxygen atoms in total. The lowest BCUT2D eigenvalue weighted by atomic mass is 10.1. The Morgan fingerprint density at radius 2 is 2.20 bits per heavy atom. The molecular formula is C15H17ClFN3. The van der Waals surface area contributed by atoms with Crippen molar-refractivity contribution in [2.24, 2.45) is 0 Å². The van der Waals surface area contributed by atoms with E-state index in [9.17, 15) is 4.39 Å². The number of nitrogens with zero attached hydrogens (tertiary/aromatic N) is 2. The summed E-state index contributed by atoms with van der Waals surface area (Å²) in [5.41, 5.74) is 6.93. The zero-order valence-electron chi connectivity index (χ0n) is 11.5. The maximum Gasteiger partial charge on any atom is 0.134 e. The minimum atomic E-state index is -0.428. The lowest BCUT2D eigenvalue weighted by molar-refractivity contribution is 0.631. The van der Waals surface area contributed by atoms with Crippen LogP contribution < -0.4 is 5.73 Å². The molecule has 0 spiro atoms. The van der Waals surface area contributed by atoms with Gasteiger partial charge in [-0.15, -0.1) is 6.58 Å². The largest absolute Gasteiger partial charge is 0.383 e. The van der Waals surface area contributed by atoms with E-state index >= 15 is 0 Å². The summed E-state index contributed by atoms with van der Waals surface area (Å²) in [6.07, 6.45) is 1.74. The number of allylic oxidation sites excluding steroid dienone is 1. The number of hydrogen-bond acceptors (Lipinski definition) is 2. The fourth-order valence-corrected chi connectivity index (χ4v) is 2.28. The highest BCUT2D eigenvalue weighted by molar-refractivity contribution is 6.30. The number of rotatable bonds is 4. The van der Waals surface area contributed by atoms with Crippen molar-refractivity contribution < 1.29 is 4.39 Å². The van der Waals surface area contributed by atoms with Gasteiger partial charge in [0, 0.05) is 23.0 Å². The van der Waals surface area contributed by atoms with Gasteiger partial charge in [0.1, 0.15) is 23.2 Å². The molecule has 5 heteroatoms. The van der Waals surface area contributed by atoms with Crippen LogP contribution in [0.4, 0.5) is 10.2 Å². The Balaban J connectivity index is 2.62. The summed E-state index contributed by atoms with van der Waals surface area (Å²) in [5.74, 6) is 1.01. The quantitative estimate of drug-likeness (QED) is 0.857. The molecule has 0 aliphatic heterocycles. The van der Waals surface area contributed by atoms with Gasteiger partial charge < -0.3 is 10.3 Å². The monoisotopic (exact) mass is 293 g/mol. The average Bonchev–Trinajstić information content (AvgIpc) is 2.68. The highest BCUT2D eigenvalue weighted by Crippen LogP contribution is 2.32. The third-order valence-corrected chi connectivity index (χ3v) is 3.29. The van der Waals surface area contributed by atoms with Gasteiger partial charge >= 0.3 is 0 Å². The lowest BCUT2D eigenvalue weighted by Gasteiger charge is -2.09. The van der Waals surface area contributed by atoms with Crippen LogP contribution in [0.25, 0.3) is 11.3 Å². The molecule has 20 heavy (non-hydrogen) atoms. The summed E-state index contributed by atoms with van der Waals surface area (Å²) in [6.45, 7) is 8.29. The van der Waals surface area contributed by atoms with E-state index in [4.69, 9.17) is 17.3 Å². The molecule has 0 unspecified atom stereocenters. The van der Waals surface area contributed by atoms with E-state index in [0.29, 0.717) is 28.6 Å². The topological polar surface area (TPSA) is 43.8 Å². The number of nitrogens with two attached hydrogens (primary N) is 1. The van der Waals surface area contributed by atoms with E-state index in [2.05, 4.69) is 11.6 Å². The van der Waals surface area contributed by atoms with Crippen molar-refractivity contribution in [2.75, 3.05) is 5.73 Å². The number of anilines is 1. The molecule has 0 radical (unpaired) electrons. The van der Waals surface area contributed by atoms with Gasteiger partial charge in [-0.25, -0.2) is 9.37 Å². The summed E-state index contributed by atoms with van der Waals surface area (Å²) >= 11 is 5.77. The van der Waals surface area contributed by atoms with Crippen molar-refractivity contribution >= 4 is 17.4 Å². The molecule has 2 rings (SSSR count). The Morgan fingerprint density at radius 3 is 2.75 bits per heavy atom. The number of aromatic nitrogens is 2. The molecule has 0 aliphatic rings. The van der Waals surface area contributed by atoms with Gasteiger partial charge in [-0.3, -0.25) is 0 Å². The van der Waals surface area contributed by atoms with E-state index < -0.39 is 5.82 Å². The third kappa shape index (κ3) is 2.56. The summed E-state index contributed by atoms with van der Waals surface area (Å²) in [4.78, 5) is 4.50. The van der Waals surface area contributed by atoms with E-state index in [-0.39, 0.29) is 5.92 Å². The minimum Gasteiger partial charge on any atom is -0.383 e. The van der Waals surface area contributed by atoms with Crippen LogP contribution in [0.15, 0.2) is 30.9 Å². The standard InChI is InChI=1S/C15H17ClFN3/c1-4-7-20-14(18)13(19-15(20)9(2)3)11-6-5-10(16)8-12(11)17/h4-6,8-9H,1,7,18H2,2-3H3. The van der Waals surface area contributed by atoms with E-state index in [1.165, 1.54) is 6.07 Å². The molecule has 106 valence electrons. The van der Waals surface area contributed by atoms with Gasteiger partial charge in [0.2, 0.25) is 0 Å². The highest BCUT2D eigenvalue weighted by Gasteiger charge is 2.19. The predicted molar refractivity (Wildman–Crippen MR) is 81.3 cm³/mol. The van der Waals surface area contributed by atoms with Crippen LogP contribution in [-0.4, -0.2) is 9.55 Å². The third-order valence-electron chi connectivity index (χ3n) is 3.05. The van der Waals surface area contributed by atoms with E-state index in [1.54, 1.807) is 18.2 Å². The molecule has 0 bridgehead atoms. The van der Waals surface area contributed by atoms with Crippen LogP contribution >= 0.6 is 11.6 Å². The van der Waals surface area contributed by atoms with E-state index in [0.717, 1.165) is 5.82 Å². The van der Waals surface area contributed by atoms with Crippen molar-refractivity contribution in [3.05, 3.63) is 47.5 Å². The second-order valence-electron chi connectivity index (χ2n) is 4.88. The lowest BCUT2D eigenvalue weighted by Crippen LogP contribution is -2.07. The Bertz CT molecular complexity index is 647. The van der Waals surface area contributed by atoms with Crippen LogP contribution in [0.2, 0.25) is 5.02 Å². The molecule has 1 heterocycles. The first-order chi connectivity index (χ1) is 9.45. The minimum absolute atomic E-state index is 0.182. The Labute approximate surface area is 122 Å². The second-order valence-corrected chi connectivity index (χ2v) is 5.32. The fourth-order valence-electron chi connectivity index (χ4n) is 2.12. The van der Waals surface area contributed by atoms with Gasteiger partial charge in [-0.05, 0) is 18.2 Å². The first-order valence-electron chi connectivity index (χ1n) is 6.38. The van der Waals surface area contributed by atoms with Crippen LogP contribution in [0.5, 0.6) is 0 Å². The smallest absolute Gasteiger partial charge is 0.134 e. The van der Waals surface area contributed by atoms with Crippen molar-refractivity contribution in [3.8, 4) is 11.3 Å². The number of imidazole rings is 1. The first kappa shape index (κ1) is 14.6. The van der Waals surface area contributed by atoms with Crippen molar-refractivity contribution in [2.45, 2.75) is 26.3 Å².